The molecule has 0 saturated heterocycles. The van der Waals surface area contributed by atoms with Crippen molar-refractivity contribution in [3.8, 4) is 5.75 Å². The molecule has 1 amide bonds. The van der Waals surface area contributed by atoms with Gasteiger partial charge in [-0.05, 0) is 31.4 Å². The van der Waals surface area contributed by atoms with Gasteiger partial charge in [-0.15, -0.1) is 0 Å². The first-order valence-electron chi connectivity index (χ1n) is 10.3. The van der Waals surface area contributed by atoms with Gasteiger partial charge in [-0.3, -0.25) is 19.1 Å². The predicted octanol–water partition coefficient (Wildman–Crippen LogP) is 1.84. The Kier molecular flexibility index (Phi) is 8.44. The van der Waals surface area contributed by atoms with Gasteiger partial charge in [-0.1, -0.05) is 31.5 Å². The molecule has 0 unspecified atom stereocenters. The van der Waals surface area contributed by atoms with Crippen LogP contribution in [-0.2, 0) is 16.1 Å². The summed E-state index contributed by atoms with van der Waals surface area (Å²) in [5.41, 5.74) is 6.92. The third-order valence-electron chi connectivity index (χ3n) is 4.76. The van der Waals surface area contributed by atoms with Crippen LogP contribution in [0, 0.1) is 19.8 Å². The summed E-state index contributed by atoms with van der Waals surface area (Å²) < 4.78 is 12.1. The lowest BCUT2D eigenvalue weighted by molar-refractivity contribution is -0.119. The zero-order valence-corrected chi connectivity index (χ0v) is 18.9. The maximum atomic E-state index is 13.0. The Morgan fingerprint density at radius 3 is 2.55 bits per heavy atom. The second-order valence-corrected chi connectivity index (χ2v) is 7.90. The molecule has 0 aliphatic rings. The zero-order valence-electron chi connectivity index (χ0n) is 18.9. The fourth-order valence-corrected chi connectivity index (χ4v) is 3.27. The van der Waals surface area contributed by atoms with E-state index in [1.165, 1.54) is 16.6 Å². The van der Waals surface area contributed by atoms with Crippen molar-refractivity contribution in [2.45, 2.75) is 40.7 Å². The van der Waals surface area contributed by atoms with Crippen LogP contribution in [0.3, 0.4) is 0 Å². The summed E-state index contributed by atoms with van der Waals surface area (Å²) in [6.45, 7) is 8.55. The minimum atomic E-state index is -0.706. The van der Waals surface area contributed by atoms with Crippen molar-refractivity contribution in [3.63, 3.8) is 0 Å². The Balaban J connectivity index is 2.27. The summed E-state index contributed by atoms with van der Waals surface area (Å²) in [5, 5.41) is 0. The summed E-state index contributed by atoms with van der Waals surface area (Å²) >= 11 is 0. The number of amides is 1. The molecule has 0 saturated carbocycles. The number of H-pyrrole nitrogens is 1. The summed E-state index contributed by atoms with van der Waals surface area (Å²) in [6, 6.07) is 5.80. The second-order valence-electron chi connectivity index (χ2n) is 7.90. The van der Waals surface area contributed by atoms with Gasteiger partial charge in [-0.25, -0.2) is 4.79 Å². The van der Waals surface area contributed by atoms with Crippen molar-refractivity contribution < 1.29 is 14.3 Å². The number of nitrogens with zero attached hydrogens (tertiary/aromatic N) is 2. The fraction of sp³-hybridized carbons (Fsp3) is 0.500. The van der Waals surface area contributed by atoms with E-state index in [-0.39, 0.29) is 49.5 Å². The van der Waals surface area contributed by atoms with Gasteiger partial charge in [0.1, 0.15) is 11.6 Å². The maximum Gasteiger partial charge on any atom is 0.330 e. The molecule has 9 heteroatoms. The number of anilines is 2. The lowest BCUT2D eigenvalue weighted by Gasteiger charge is -2.25. The molecule has 31 heavy (non-hydrogen) atoms. The number of nitrogens with two attached hydrogens (primary N) is 1. The molecule has 0 aliphatic carbocycles. The van der Waals surface area contributed by atoms with Crippen molar-refractivity contribution in [2.24, 2.45) is 5.92 Å². The van der Waals surface area contributed by atoms with Crippen LogP contribution >= 0.6 is 0 Å². The number of aromatic nitrogens is 2. The van der Waals surface area contributed by atoms with E-state index in [1.807, 2.05) is 45.9 Å². The van der Waals surface area contributed by atoms with Crippen molar-refractivity contribution in [2.75, 3.05) is 37.5 Å². The van der Waals surface area contributed by atoms with Gasteiger partial charge in [0.2, 0.25) is 5.91 Å². The highest BCUT2D eigenvalue weighted by atomic mass is 16.5. The van der Waals surface area contributed by atoms with Crippen LogP contribution in [-0.4, -0.2) is 42.3 Å². The highest BCUT2D eigenvalue weighted by Gasteiger charge is 2.24. The number of nitrogens with one attached hydrogen (secondary N) is 1. The third kappa shape index (κ3) is 6.21. The van der Waals surface area contributed by atoms with Gasteiger partial charge >= 0.3 is 5.69 Å². The Morgan fingerprint density at radius 1 is 1.23 bits per heavy atom. The summed E-state index contributed by atoms with van der Waals surface area (Å²) in [4.78, 5) is 41.3. The summed E-state index contributed by atoms with van der Waals surface area (Å²) in [7, 11) is 1.50. The Bertz CT molecular complexity index is 1030. The molecule has 9 nitrogen and oxygen atoms in total. The number of aromatic amines is 1. The smallest absolute Gasteiger partial charge is 0.330 e. The minimum absolute atomic E-state index is 0.0270. The van der Waals surface area contributed by atoms with Gasteiger partial charge in [0, 0.05) is 20.2 Å². The lowest BCUT2D eigenvalue weighted by Crippen LogP contribution is -2.43. The molecule has 0 fully saturated rings. The van der Waals surface area contributed by atoms with E-state index in [1.54, 1.807) is 0 Å². The van der Waals surface area contributed by atoms with Crippen LogP contribution in [0.5, 0.6) is 5.75 Å². The van der Waals surface area contributed by atoms with E-state index >= 15 is 0 Å². The number of ether oxygens (including phenoxy) is 2. The highest BCUT2D eigenvalue weighted by Crippen LogP contribution is 2.21. The summed E-state index contributed by atoms with van der Waals surface area (Å²) in [5.74, 6) is 0.425. The Labute approximate surface area is 181 Å². The molecule has 0 spiro atoms. The number of hydrogen-bond donors (Lipinski definition) is 2. The molecule has 0 bridgehead atoms. The number of carbonyl (C=O) groups is 1. The van der Waals surface area contributed by atoms with Crippen molar-refractivity contribution in [1.82, 2.24) is 9.55 Å². The molecule has 0 atom stereocenters. The topological polar surface area (TPSA) is 120 Å². The lowest BCUT2D eigenvalue weighted by atomic mass is 10.1. The number of methoxy groups -OCH3 is 1. The number of carbonyl (C=O) groups excluding carboxylic acids is 1. The standard InChI is InChI=1S/C22H32N4O5/c1-14(2)13-26-20(23)19(21(28)24-22(26)29)25(9-11-30-5)18(27)8-10-31-17-7-6-15(3)12-16(17)4/h6-7,12,14H,8-11,13,23H2,1-5H3,(H,24,28,29). The van der Waals surface area contributed by atoms with Gasteiger partial charge < -0.3 is 20.1 Å². The van der Waals surface area contributed by atoms with E-state index in [2.05, 4.69) is 4.98 Å². The number of benzene rings is 1. The largest absolute Gasteiger partial charge is 0.493 e. The molecule has 1 aromatic carbocycles. The molecule has 170 valence electrons. The van der Waals surface area contributed by atoms with E-state index in [9.17, 15) is 14.4 Å². The first-order chi connectivity index (χ1) is 14.6. The molecular weight excluding hydrogens is 400 g/mol. The van der Waals surface area contributed by atoms with Crippen LogP contribution in [0.25, 0.3) is 0 Å². The number of aryl methyl sites for hydroxylation is 2. The zero-order chi connectivity index (χ0) is 23.1. The molecule has 2 rings (SSSR count). The first-order valence-corrected chi connectivity index (χ1v) is 10.3. The molecule has 1 heterocycles. The number of rotatable bonds is 10. The monoisotopic (exact) mass is 432 g/mol. The van der Waals surface area contributed by atoms with Crippen LogP contribution in [0.4, 0.5) is 11.5 Å². The molecule has 0 radical (unpaired) electrons. The van der Waals surface area contributed by atoms with Crippen LogP contribution in [0.2, 0.25) is 0 Å². The first kappa shape index (κ1) is 24.2. The van der Waals surface area contributed by atoms with E-state index in [0.29, 0.717) is 12.3 Å². The van der Waals surface area contributed by atoms with Crippen LogP contribution in [0.15, 0.2) is 27.8 Å². The molecule has 2 aromatic rings. The van der Waals surface area contributed by atoms with E-state index < -0.39 is 11.2 Å². The number of hydrogen-bond acceptors (Lipinski definition) is 6. The molecule has 1 aromatic heterocycles. The molecule has 0 aliphatic heterocycles. The average Bonchev–Trinajstić information content (AvgIpc) is 2.69. The third-order valence-corrected chi connectivity index (χ3v) is 4.76. The van der Waals surface area contributed by atoms with E-state index in [0.717, 1.165) is 11.1 Å². The quantitative estimate of drug-likeness (QED) is 0.591. The maximum absolute atomic E-state index is 13.0. The summed E-state index contributed by atoms with van der Waals surface area (Å²) in [6.07, 6.45) is 0.0270. The number of nitrogen functional groups attached to an aromatic ring is 1. The average molecular weight is 433 g/mol. The normalized spacial score (nSPS) is 11.0. The van der Waals surface area contributed by atoms with Crippen molar-refractivity contribution in [3.05, 3.63) is 50.2 Å². The Morgan fingerprint density at radius 2 is 1.94 bits per heavy atom. The minimum Gasteiger partial charge on any atom is -0.493 e. The van der Waals surface area contributed by atoms with Gasteiger partial charge in [0.15, 0.2) is 5.69 Å². The van der Waals surface area contributed by atoms with Gasteiger partial charge in [-0.2, -0.15) is 0 Å². The van der Waals surface area contributed by atoms with Gasteiger partial charge in [0.25, 0.3) is 5.56 Å². The predicted molar refractivity (Wildman–Crippen MR) is 121 cm³/mol. The SMILES string of the molecule is COCCN(C(=O)CCOc1ccc(C)cc1C)c1c(N)n(CC(C)C)c(=O)[nH]c1=O. The Hall–Kier alpha value is -3.07. The van der Waals surface area contributed by atoms with Crippen molar-refractivity contribution in [1.29, 1.82) is 0 Å². The second kappa shape index (κ2) is 10.8. The highest BCUT2D eigenvalue weighted by molar-refractivity contribution is 5.95. The van der Waals surface area contributed by atoms with Crippen LogP contribution in [0.1, 0.15) is 31.4 Å². The molecule has 3 N–H and O–H groups in total. The van der Waals surface area contributed by atoms with Crippen molar-refractivity contribution >= 4 is 17.4 Å². The van der Waals surface area contributed by atoms with Gasteiger partial charge in [0.05, 0.1) is 19.6 Å². The van der Waals surface area contributed by atoms with Crippen LogP contribution < -0.4 is 26.6 Å². The fourth-order valence-electron chi connectivity index (χ4n) is 3.27. The van der Waals surface area contributed by atoms with E-state index in [4.69, 9.17) is 15.2 Å². The molecular formula is C22H32N4O5.